The van der Waals surface area contributed by atoms with E-state index in [4.69, 9.17) is 11.6 Å². The number of anilines is 1. The Labute approximate surface area is 125 Å². The van der Waals surface area contributed by atoms with Gasteiger partial charge in [-0.15, -0.1) is 0 Å². The maximum atomic E-state index is 6.17. The molecular formula is C14H22ClN3S. The van der Waals surface area contributed by atoms with Gasteiger partial charge in [-0.2, -0.15) is 11.8 Å². The number of nitrogens with one attached hydrogen (secondary N) is 1. The molecule has 1 aromatic heterocycles. The average molecular weight is 300 g/mol. The molecule has 0 saturated carbocycles. The zero-order valence-electron chi connectivity index (χ0n) is 11.9. The zero-order valence-corrected chi connectivity index (χ0v) is 13.4. The molecule has 0 unspecified atom stereocenters. The van der Waals surface area contributed by atoms with E-state index in [1.54, 1.807) is 6.20 Å². The van der Waals surface area contributed by atoms with Gasteiger partial charge in [0.2, 0.25) is 0 Å². The zero-order chi connectivity index (χ0) is 13.9. The van der Waals surface area contributed by atoms with E-state index in [-0.39, 0.29) is 0 Å². The number of hydrogen-bond acceptors (Lipinski definition) is 4. The topological polar surface area (TPSA) is 28.2 Å². The van der Waals surface area contributed by atoms with Crippen molar-refractivity contribution in [2.45, 2.75) is 31.6 Å². The van der Waals surface area contributed by atoms with Crippen molar-refractivity contribution in [3.8, 4) is 0 Å². The van der Waals surface area contributed by atoms with E-state index in [2.05, 4.69) is 35.1 Å². The molecule has 1 aliphatic heterocycles. The molecule has 1 fully saturated rings. The molecule has 1 saturated heterocycles. The predicted octanol–water partition coefficient (Wildman–Crippen LogP) is 3.18. The van der Waals surface area contributed by atoms with Gasteiger partial charge in [0.05, 0.1) is 5.02 Å². The number of aromatic nitrogens is 1. The Balaban J connectivity index is 2.15. The third-order valence-electron chi connectivity index (χ3n) is 3.45. The Kier molecular flexibility index (Phi) is 4.98. The molecule has 106 valence electrons. The number of nitrogens with zero attached hydrogens (tertiary/aromatic N) is 2. The monoisotopic (exact) mass is 299 g/mol. The highest BCUT2D eigenvalue weighted by Gasteiger charge is 2.24. The Bertz CT molecular complexity index is 437. The highest BCUT2D eigenvalue weighted by atomic mass is 35.5. The van der Waals surface area contributed by atoms with Crippen LogP contribution in [0, 0.1) is 0 Å². The minimum absolute atomic E-state index is 0.370. The van der Waals surface area contributed by atoms with Crippen LogP contribution in [0.25, 0.3) is 0 Å². The van der Waals surface area contributed by atoms with Crippen molar-refractivity contribution in [1.82, 2.24) is 10.3 Å². The van der Waals surface area contributed by atoms with Crippen molar-refractivity contribution < 1.29 is 0 Å². The third kappa shape index (κ3) is 4.01. The summed E-state index contributed by atoms with van der Waals surface area (Å²) in [6, 6.07) is 2.11. The Morgan fingerprint density at radius 1 is 1.47 bits per heavy atom. The second-order valence-electron chi connectivity index (χ2n) is 5.51. The fourth-order valence-corrected chi connectivity index (χ4v) is 3.49. The molecule has 19 heavy (non-hydrogen) atoms. The van der Waals surface area contributed by atoms with Gasteiger partial charge in [-0.05, 0) is 25.1 Å². The molecule has 0 amide bonds. The van der Waals surface area contributed by atoms with Crippen molar-refractivity contribution in [3.05, 3.63) is 22.8 Å². The first-order chi connectivity index (χ1) is 9.02. The normalized spacial score (nSPS) is 19.3. The fraction of sp³-hybridized carbons (Fsp3) is 0.643. The van der Waals surface area contributed by atoms with E-state index in [0.717, 1.165) is 41.8 Å². The van der Waals surface area contributed by atoms with E-state index >= 15 is 0 Å². The van der Waals surface area contributed by atoms with Crippen LogP contribution in [0.15, 0.2) is 12.3 Å². The molecule has 1 aromatic rings. The molecule has 2 rings (SSSR count). The summed E-state index contributed by atoms with van der Waals surface area (Å²) >= 11 is 8.22. The lowest BCUT2D eigenvalue weighted by atomic mass is 10.1. The van der Waals surface area contributed by atoms with E-state index in [1.165, 1.54) is 6.42 Å². The van der Waals surface area contributed by atoms with Gasteiger partial charge in [-0.3, -0.25) is 0 Å². The van der Waals surface area contributed by atoms with Crippen molar-refractivity contribution in [2.75, 3.05) is 30.8 Å². The van der Waals surface area contributed by atoms with Gasteiger partial charge in [-0.25, -0.2) is 4.98 Å². The van der Waals surface area contributed by atoms with Crippen molar-refractivity contribution in [1.29, 1.82) is 0 Å². The quantitative estimate of drug-likeness (QED) is 0.928. The lowest BCUT2D eigenvalue weighted by Gasteiger charge is -2.24. The summed E-state index contributed by atoms with van der Waals surface area (Å²) in [5.41, 5.74) is 1.12. The van der Waals surface area contributed by atoms with Crippen LogP contribution in [-0.4, -0.2) is 35.6 Å². The summed E-state index contributed by atoms with van der Waals surface area (Å²) < 4.78 is 0.370. The van der Waals surface area contributed by atoms with Crippen molar-refractivity contribution in [3.63, 3.8) is 0 Å². The number of rotatable bonds is 3. The van der Waals surface area contributed by atoms with E-state index < -0.39 is 0 Å². The highest BCUT2D eigenvalue weighted by Crippen LogP contribution is 2.32. The second-order valence-corrected chi connectivity index (χ2v) is 7.72. The van der Waals surface area contributed by atoms with Gasteiger partial charge in [-0.1, -0.05) is 25.4 Å². The molecule has 1 aliphatic rings. The van der Waals surface area contributed by atoms with E-state index in [1.807, 2.05) is 18.8 Å². The van der Waals surface area contributed by atoms with Gasteiger partial charge in [0.25, 0.3) is 0 Å². The summed E-state index contributed by atoms with van der Waals surface area (Å²) in [6.07, 6.45) is 2.95. The van der Waals surface area contributed by atoms with Gasteiger partial charge in [0, 0.05) is 36.3 Å². The van der Waals surface area contributed by atoms with Crippen LogP contribution >= 0.6 is 23.4 Å². The fourth-order valence-electron chi connectivity index (χ4n) is 2.22. The predicted molar refractivity (Wildman–Crippen MR) is 85.4 cm³/mol. The average Bonchev–Trinajstić information content (AvgIpc) is 2.53. The molecule has 3 nitrogen and oxygen atoms in total. The van der Waals surface area contributed by atoms with Crippen molar-refractivity contribution >= 4 is 29.2 Å². The van der Waals surface area contributed by atoms with Gasteiger partial charge in [0.1, 0.15) is 5.82 Å². The molecule has 0 aliphatic carbocycles. The molecule has 5 heteroatoms. The molecule has 0 bridgehead atoms. The Hall–Kier alpha value is -0.450. The van der Waals surface area contributed by atoms with Crippen LogP contribution in [0.3, 0.4) is 0 Å². The van der Waals surface area contributed by atoms with Crippen LogP contribution in [0.2, 0.25) is 5.02 Å². The molecule has 0 spiro atoms. The summed E-state index contributed by atoms with van der Waals surface area (Å²) in [4.78, 5) is 6.86. The van der Waals surface area contributed by atoms with Gasteiger partial charge in [0.15, 0.2) is 0 Å². The van der Waals surface area contributed by atoms with Crippen LogP contribution in [0.1, 0.15) is 25.8 Å². The smallest absolute Gasteiger partial charge is 0.128 e. The number of pyridine rings is 1. The lowest BCUT2D eigenvalue weighted by molar-refractivity contribution is 0.635. The first kappa shape index (κ1) is 14.9. The molecule has 1 N–H and O–H groups in total. The number of thioether (sulfide) groups is 1. The summed E-state index contributed by atoms with van der Waals surface area (Å²) in [7, 11) is 1.93. The van der Waals surface area contributed by atoms with Gasteiger partial charge >= 0.3 is 0 Å². The number of halogens is 1. The minimum Gasteiger partial charge on any atom is -0.356 e. The molecule has 0 radical (unpaired) electrons. The first-order valence-electron chi connectivity index (χ1n) is 6.70. The third-order valence-corrected chi connectivity index (χ3v) is 5.16. The summed E-state index contributed by atoms with van der Waals surface area (Å²) in [5.74, 6) is 2.20. The van der Waals surface area contributed by atoms with Crippen LogP contribution in [0.4, 0.5) is 5.82 Å². The minimum atomic E-state index is 0.370. The highest BCUT2D eigenvalue weighted by molar-refractivity contribution is 8.00. The van der Waals surface area contributed by atoms with Crippen molar-refractivity contribution in [2.24, 2.45) is 0 Å². The van der Waals surface area contributed by atoms with Gasteiger partial charge < -0.3 is 10.2 Å². The van der Waals surface area contributed by atoms with Crippen LogP contribution in [-0.2, 0) is 6.54 Å². The molecule has 0 aromatic carbocycles. The summed E-state index contributed by atoms with van der Waals surface area (Å²) in [5, 5.41) is 3.88. The van der Waals surface area contributed by atoms with E-state index in [0.29, 0.717) is 4.75 Å². The Morgan fingerprint density at radius 3 is 3.00 bits per heavy atom. The number of hydrogen-bond donors (Lipinski definition) is 1. The Morgan fingerprint density at radius 2 is 2.26 bits per heavy atom. The summed E-state index contributed by atoms with van der Waals surface area (Å²) in [6.45, 7) is 7.55. The first-order valence-corrected chi connectivity index (χ1v) is 8.06. The maximum Gasteiger partial charge on any atom is 0.128 e. The second kappa shape index (κ2) is 6.33. The SMILES string of the molecule is CNCc1cc(N2CCSC(C)(C)CC2)ncc1Cl. The largest absolute Gasteiger partial charge is 0.356 e. The van der Waals surface area contributed by atoms with E-state index in [9.17, 15) is 0 Å². The molecule has 2 heterocycles. The van der Waals surface area contributed by atoms with Crippen LogP contribution in [0.5, 0.6) is 0 Å². The lowest BCUT2D eigenvalue weighted by Crippen LogP contribution is -2.28. The molecule has 0 atom stereocenters. The molecular weight excluding hydrogens is 278 g/mol. The standard InChI is InChI=1S/C14H22ClN3S/c1-14(2)4-5-18(6-7-19-14)13-8-11(9-16-3)12(15)10-17-13/h8,10,16H,4-7,9H2,1-3H3. The maximum absolute atomic E-state index is 6.17. The van der Waals surface area contributed by atoms with Crippen LogP contribution < -0.4 is 10.2 Å².